The molecule has 41 heavy (non-hydrogen) atoms. The maximum Gasteiger partial charge on any atom is 0.329 e. The highest BCUT2D eigenvalue weighted by atomic mass is 16.5. The number of carbonyl (C=O) groups is 3. The van der Waals surface area contributed by atoms with Gasteiger partial charge in [-0.15, -0.1) is 0 Å². The van der Waals surface area contributed by atoms with Crippen molar-refractivity contribution < 1.29 is 33.3 Å². The zero-order valence-electron chi connectivity index (χ0n) is 23.7. The number of amides is 3. The van der Waals surface area contributed by atoms with Gasteiger partial charge in [-0.05, 0) is 85.0 Å². The van der Waals surface area contributed by atoms with Crippen molar-refractivity contribution in [3.05, 3.63) is 76.9 Å². The monoisotopic (exact) mass is 562 g/mol. The van der Waals surface area contributed by atoms with Gasteiger partial charge in [0.25, 0.3) is 5.91 Å². The number of hydrazone groups is 1. The lowest BCUT2D eigenvalue weighted by Crippen LogP contribution is -2.38. The Bertz CT molecular complexity index is 1420. The van der Waals surface area contributed by atoms with Crippen molar-refractivity contribution in [2.24, 2.45) is 5.10 Å². The number of ether oxygens (including phenoxy) is 4. The van der Waals surface area contributed by atoms with Gasteiger partial charge in [-0.1, -0.05) is 12.1 Å². The summed E-state index contributed by atoms with van der Waals surface area (Å²) in [5, 5.41) is 9.18. The Morgan fingerprint density at radius 1 is 0.780 bits per heavy atom. The predicted octanol–water partition coefficient (Wildman–Crippen LogP) is 3.16. The van der Waals surface area contributed by atoms with E-state index < -0.39 is 11.8 Å². The standard InChI is InChI=1S/C30H34N4O7/c1-19-6-9-23(14-20(19)2)33-28(35)18-41-25-11-8-22(16-27(25)40-5)17-32-34-30(37)29(36)31-13-12-21-7-10-24(38-3)26(15-21)39-4/h6-11,14-17H,12-13,18H2,1-5H3,(H,31,36)(H,33,35)(H,34,37)/b32-17-. The normalized spacial score (nSPS) is 10.6. The lowest BCUT2D eigenvalue weighted by atomic mass is 10.1. The van der Waals surface area contributed by atoms with Crippen LogP contribution >= 0.6 is 0 Å². The summed E-state index contributed by atoms with van der Waals surface area (Å²) < 4.78 is 21.5. The molecule has 3 rings (SSSR count). The number of rotatable bonds is 12. The van der Waals surface area contributed by atoms with Crippen molar-refractivity contribution in [2.45, 2.75) is 20.3 Å². The van der Waals surface area contributed by atoms with Crippen LogP contribution in [0.5, 0.6) is 23.0 Å². The third-order valence-electron chi connectivity index (χ3n) is 6.07. The lowest BCUT2D eigenvalue weighted by Gasteiger charge is -2.12. The van der Waals surface area contributed by atoms with Crippen LogP contribution in [0.3, 0.4) is 0 Å². The van der Waals surface area contributed by atoms with Crippen LogP contribution in [0.2, 0.25) is 0 Å². The maximum absolute atomic E-state index is 12.3. The third kappa shape index (κ3) is 8.99. The average Bonchev–Trinajstić information content (AvgIpc) is 2.97. The van der Waals surface area contributed by atoms with Gasteiger partial charge in [-0.2, -0.15) is 5.10 Å². The molecule has 0 aromatic heterocycles. The van der Waals surface area contributed by atoms with Crippen molar-refractivity contribution in [2.75, 3.05) is 39.8 Å². The zero-order chi connectivity index (χ0) is 29.8. The first-order valence-corrected chi connectivity index (χ1v) is 12.7. The van der Waals surface area contributed by atoms with Crippen molar-refractivity contribution in [1.29, 1.82) is 0 Å². The highest BCUT2D eigenvalue weighted by Gasteiger charge is 2.13. The van der Waals surface area contributed by atoms with Gasteiger partial charge in [-0.25, -0.2) is 5.43 Å². The van der Waals surface area contributed by atoms with Crippen LogP contribution in [0.15, 0.2) is 59.7 Å². The first-order chi connectivity index (χ1) is 19.7. The molecule has 3 aromatic rings. The van der Waals surface area contributed by atoms with Crippen LogP contribution in [0.4, 0.5) is 5.69 Å². The van der Waals surface area contributed by atoms with Crippen LogP contribution in [0, 0.1) is 13.8 Å². The molecule has 0 radical (unpaired) electrons. The second-order valence-corrected chi connectivity index (χ2v) is 8.94. The molecule has 0 fully saturated rings. The Morgan fingerprint density at radius 3 is 2.20 bits per heavy atom. The summed E-state index contributed by atoms with van der Waals surface area (Å²) in [6.45, 7) is 4.00. The van der Waals surface area contributed by atoms with E-state index in [2.05, 4.69) is 21.2 Å². The molecule has 11 nitrogen and oxygen atoms in total. The molecule has 3 N–H and O–H groups in total. The average molecular weight is 563 g/mol. The van der Waals surface area contributed by atoms with E-state index in [1.807, 2.05) is 38.1 Å². The van der Waals surface area contributed by atoms with E-state index in [-0.39, 0.29) is 19.1 Å². The number of nitrogens with one attached hydrogen (secondary N) is 3. The summed E-state index contributed by atoms with van der Waals surface area (Å²) in [7, 11) is 4.56. The van der Waals surface area contributed by atoms with Crippen LogP contribution in [-0.4, -0.2) is 58.4 Å². The molecule has 216 valence electrons. The Kier molecular flexibility index (Phi) is 11.1. The summed E-state index contributed by atoms with van der Waals surface area (Å²) >= 11 is 0. The minimum absolute atomic E-state index is 0.214. The van der Waals surface area contributed by atoms with E-state index >= 15 is 0 Å². The number of benzene rings is 3. The van der Waals surface area contributed by atoms with Gasteiger partial charge < -0.3 is 29.6 Å². The van der Waals surface area contributed by atoms with Gasteiger partial charge in [-0.3, -0.25) is 14.4 Å². The van der Waals surface area contributed by atoms with Crippen molar-refractivity contribution in [1.82, 2.24) is 10.7 Å². The fourth-order valence-electron chi connectivity index (χ4n) is 3.70. The van der Waals surface area contributed by atoms with Crippen molar-refractivity contribution in [3.63, 3.8) is 0 Å². The number of hydrogen-bond donors (Lipinski definition) is 3. The number of carbonyl (C=O) groups excluding carboxylic acids is 3. The number of nitrogens with zero attached hydrogens (tertiary/aromatic N) is 1. The van der Waals surface area contributed by atoms with Crippen molar-refractivity contribution in [3.8, 4) is 23.0 Å². The summed E-state index contributed by atoms with van der Waals surface area (Å²) in [6.07, 6.45) is 1.84. The molecule has 0 saturated heterocycles. The predicted molar refractivity (Wildman–Crippen MR) is 155 cm³/mol. The molecule has 0 saturated carbocycles. The number of anilines is 1. The first-order valence-electron chi connectivity index (χ1n) is 12.7. The number of methoxy groups -OCH3 is 3. The lowest BCUT2D eigenvalue weighted by molar-refractivity contribution is -0.139. The molecule has 3 amide bonds. The zero-order valence-corrected chi connectivity index (χ0v) is 23.7. The first kappa shape index (κ1) is 30.5. The van der Waals surface area contributed by atoms with Crippen molar-refractivity contribution >= 4 is 29.6 Å². The topological polar surface area (TPSA) is 137 Å². The third-order valence-corrected chi connectivity index (χ3v) is 6.07. The van der Waals surface area contributed by atoms with Crippen LogP contribution in [-0.2, 0) is 20.8 Å². The molecular formula is C30H34N4O7. The highest BCUT2D eigenvalue weighted by Crippen LogP contribution is 2.28. The van der Waals surface area contributed by atoms with Gasteiger partial charge in [0.1, 0.15) is 0 Å². The molecular weight excluding hydrogens is 528 g/mol. The Hall–Kier alpha value is -5.06. The van der Waals surface area contributed by atoms with Gasteiger partial charge in [0.15, 0.2) is 29.6 Å². The molecule has 0 heterocycles. The molecule has 11 heteroatoms. The maximum atomic E-state index is 12.3. The SMILES string of the molecule is COc1ccc(CCNC(=O)C(=O)N/N=C\c2ccc(OCC(=O)Nc3ccc(C)c(C)c3)c(OC)c2)cc1OC. The molecule has 3 aromatic carbocycles. The summed E-state index contributed by atoms with van der Waals surface area (Å²) in [5.74, 6) is -0.124. The Morgan fingerprint density at radius 2 is 1.49 bits per heavy atom. The van der Waals surface area contributed by atoms with Gasteiger partial charge in [0.2, 0.25) is 0 Å². The molecule has 0 aliphatic carbocycles. The molecule has 0 aliphatic rings. The fourth-order valence-corrected chi connectivity index (χ4v) is 3.70. The van der Waals surface area contributed by atoms with E-state index in [1.54, 1.807) is 44.6 Å². The number of hydrogen-bond acceptors (Lipinski definition) is 8. The Balaban J connectivity index is 1.46. The summed E-state index contributed by atoms with van der Waals surface area (Å²) in [5.41, 5.74) is 6.57. The van der Waals surface area contributed by atoms with Crippen LogP contribution < -0.4 is 35.0 Å². The van der Waals surface area contributed by atoms with Crippen LogP contribution in [0.25, 0.3) is 0 Å². The number of aryl methyl sites for hydroxylation is 2. The van der Waals surface area contributed by atoms with E-state index in [0.717, 1.165) is 16.7 Å². The minimum atomic E-state index is -0.907. The van der Waals surface area contributed by atoms with E-state index in [4.69, 9.17) is 18.9 Å². The quantitative estimate of drug-likeness (QED) is 0.175. The van der Waals surface area contributed by atoms with E-state index in [1.165, 1.54) is 13.3 Å². The van der Waals surface area contributed by atoms with E-state index in [9.17, 15) is 14.4 Å². The fraction of sp³-hybridized carbons (Fsp3) is 0.267. The molecule has 0 bridgehead atoms. The second-order valence-electron chi connectivity index (χ2n) is 8.94. The Labute approximate surface area is 238 Å². The van der Waals surface area contributed by atoms with Crippen LogP contribution in [0.1, 0.15) is 22.3 Å². The highest BCUT2D eigenvalue weighted by molar-refractivity contribution is 6.35. The van der Waals surface area contributed by atoms with E-state index in [0.29, 0.717) is 40.7 Å². The molecule has 0 atom stereocenters. The minimum Gasteiger partial charge on any atom is -0.493 e. The largest absolute Gasteiger partial charge is 0.493 e. The molecule has 0 spiro atoms. The second kappa shape index (κ2) is 14.9. The van der Waals surface area contributed by atoms with Gasteiger partial charge >= 0.3 is 11.8 Å². The van der Waals surface area contributed by atoms with Gasteiger partial charge in [0.05, 0.1) is 27.5 Å². The smallest absolute Gasteiger partial charge is 0.329 e. The summed E-state index contributed by atoms with van der Waals surface area (Å²) in [6, 6.07) is 16.0. The molecule has 0 aliphatic heterocycles. The van der Waals surface area contributed by atoms with Gasteiger partial charge in [0, 0.05) is 12.2 Å². The summed E-state index contributed by atoms with van der Waals surface area (Å²) in [4.78, 5) is 36.5. The molecule has 0 unspecified atom stereocenters.